The van der Waals surface area contributed by atoms with Crippen LogP contribution in [0.5, 0.6) is 5.75 Å². The van der Waals surface area contributed by atoms with Gasteiger partial charge >= 0.3 is 0 Å². The normalized spacial score (nSPS) is 18.6. The Morgan fingerprint density at radius 2 is 1.68 bits per heavy atom. The molecule has 0 fully saturated rings. The lowest BCUT2D eigenvalue weighted by atomic mass is 9.98. The molecule has 9 heteroatoms. The van der Waals surface area contributed by atoms with Gasteiger partial charge in [-0.2, -0.15) is 5.10 Å². The predicted molar refractivity (Wildman–Crippen MR) is 125 cm³/mol. The van der Waals surface area contributed by atoms with Gasteiger partial charge in [0.05, 0.1) is 24.4 Å². The molecule has 5 rings (SSSR count). The number of benzene rings is 3. The zero-order valence-corrected chi connectivity index (χ0v) is 19.1. The average molecular weight is 476 g/mol. The highest BCUT2D eigenvalue weighted by Gasteiger charge is 2.44. The molecule has 3 aromatic rings. The van der Waals surface area contributed by atoms with Crippen molar-refractivity contribution in [1.29, 1.82) is 0 Å². The number of amides is 2. The number of hydrogen-bond donors (Lipinski definition) is 0. The maximum absolute atomic E-state index is 13.4. The van der Waals surface area contributed by atoms with Crippen LogP contribution >= 0.6 is 0 Å². The quantitative estimate of drug-likeness (QED) is 0.565. The Balaban J connectivity index is 1.47. The van der Waals surface area contributed by atoms with E-state index in [2.05, 4.69) is 5.10 Å². The molecular formula is C25H21N3O5S. The van der Waals surface area contributed by atoms with Crippen LogP contribution in [0.4, 0.5) is 0 Å². The lowest BCUT2D eigenvalue weighted by Gasteiger charge is -2.24. The summed E-state index contributed by atoms with van der Waals surface area (Å²) in [6.07, 6.45) is 0.447. The van der Waals surface area contributed by atoms with Crippen LogP contribution in [0.25, 0.3) is 0 Å². The Labute approximate surface area is 197 Å². The number of hydrogen-bond acceptors (Lipinski definition) is 6. The van der Waals surface area contributed by atoms with Crippen molar-refractivity contribution in [2.24, 2.45) is 5.10 Å². The van der Waals surface area contributed by atoms with Crippen molar-refractivity contribution in [1.82, 2.24) is 9.31 Å². The van der Waals surface area contributed by atoms with Crippen LogP contribution in [-0.4, -0.2) is 48.9 Å². The zero-order chi connectivity index (χ0) is 23.9. The lowest BCUT2D eigenvalue weighted by Crippen LogP contribution is -2.41. The molecule has 3 aromatic carbocycles. The Kier molecular flexibility index (Phi) is 5.41. The molecule has 1 atom stereocenters. The van der Waals surface area contributed by atoms with Crippen molar-refractivity contribution in [2.75, 3.05) is 13.7 Å². The molecule has 8 nitrogen and oxygen atoms in total. The first kappa shape index (κ1) is 21.8. The number of carbonyl (C=O) groups is 2. The van der Waals surface area contributed by atoms with Gasteiger partial charge in [-0.25, -0.2) is 17.7 Å². The van der Waals surface area contributed by atoms with E-state index in [0.717, 1.165) is 11.1 Å². The molecule has 34 heavy (non-hydrogen) atoms. The third-order valence-electron chi connectivity index (χ3n) is 5.96. The van der Waals surface area contributed by atoms with Crippen LogP contribution in [0.2, 0.25) is 0 Å². The summed E-state index contributed by atoms with van der Waals surface area (Å²) in [6, 6.07) is 22.3. The van der Waals surface area contributed by atoms with Crippen molar-refractivity contribution in [3.8, 4) is 5.75 Å². The van der Waals surface area contributed by atoms with Crippen molar-refractivity contribution < 1.29 is 22.7 Å². The number of methoxy groups -OCH3 is 1. The molecule has 2 heterocycles. The molecule has 0 radical (unpaired) electrons. The van der Waals surface area contributed by atoms with E-state index in [4.69, 9.17) is 4.74 Å². The molecule has 0 saturated carbocycles. The summed E-state index contributed by atoms with van der Waals surface area (Å²) < 4.78 is 31.7. The summed E-state index contributed by atoms with van der Waals surface area (Å²) in [7, 11) is -2.53. The van der Waals surface area contributed by atoms with E-state index in [1.165, 1.54) is 17.1 Å². The summed E-state index contributed by atoms with van der Waals surface area (Å²) in [5.74, 6) is -0.622. The third-order valence-corrected chi connectivity index (χ3v) is 7.75. The Morgan fingerprint density at radius 3 is 2.35 bits per heavy atom. The SMILES string of the molecule is COc1ccc(C2CC(c3ccccc3)=NN2C(=O)CN2C(=O)c3ccccc3S2(=O)=O)cc1. The van der Waals surface area contributed by atoms with Crippen LogP contribution in [0.15, 0.2) is 88.9 Å². The zero-order valence-electron chi connectivity index (χ0n) is 18.3. The molecule has 1 unspecified atom stereocenters. The van der Waals surface area contributed by atoms with E-state index in [9.17, 15) is 18.0 Å². The summed E-state index contributed by atoms with van der Waals surface area (Å²) in [4.78, 5) is 26.1. The fraction of sp³-hybridized carbons (Fsp3) is 0.160. The van der Waals surface area contributed by atoms with Crippen LogP contribution in [0.1, 0.15) is 33.9 Å². The highest BCUT2D eigenvalue weighted by atomic mass is 32.2. The lowest BCUT2D eigenvalue weighted by molar-refractivity contribution is -0.132. The Bertz CT molecular complexity index is 1400. The van der Waals surface area contributed by atoms with Gasteiger partial charge in [0.25, 0.3) is 21.8 Å². The van der Waals surface area contributed by atoms with Crippen LogP contribution < -0.4 is 4.74 Å². The maximum Gasteiger partial charge on any atom is 0.269 e. The third kappa shape index (κ3) is 3.63. The first-order valence-corrected chi connectivity index (χ1v) is 12.1. The van der Waals surface area contributed by atoms with Crippen LogP contribution in [0, 0.1) is 0 Å². The smallest absolute Gasteiger partial charge is 0.269 e. The molecule has 2 aliphatic rings. The number of carbonyl (C=O) groups excluding carboxylic acids is 2. The van der Waals surface area contributed by atoms with Crippen molar-refractivity contribution in [3.05, 3.63) is 95.6 Å². The summed E-state index contributed by atoms with van der Waals surface area (Å²) in [5, 5.41) is 5.85. The van der Waals surface area contributed by atoms with Gasteiger partial charge in [-0.3, -0.25) is 9.59 Å². The van der Waals surface area contributed by atoms with E-state index >= 15 is 0 Å². The minimum Gasteiger partial charge on any atom is -0.497 e. The highest BCUT2D eigenvalue weighted by Crippen LogP contribution is 2.35. The number of ether oxygens (including phenoxy) is 1. The molecule has 2 aliphatic heterocycles. The van der Waals surface area contributed by atoms with Gasteiger partial charge in [0.1, 0.15) is 17.2 Å². The number of fused-ring (bicyclic) bond motifs is 1. The van der Waals surface area contributed by atoms with Crippen LogP contribution in [-0.2, 0) is 14.8 Å². The monoisotopic (exact) mass is 475 g/mol. The minimum atomic E-state index is -4.11. The molecule has 2 amide bonds. The van der Waals surface area contributed by atoms with E-state index in [-0.39, 0.29) is 10.5 Å². The number of sulfonamides is 1. The molecular weight excluding hydrogens is 454 g/mol. The van der Waals surface area contributed by atoms with Gasteiger partial charge in [0.2, 0.25) is 0 Å². The van der Waals surface area contributed by atoms with Gasteiger partial charge in [-0.15, -0.1) is 0 Å². The van der Waals surface area contributed by atoms with Gasteiger partial charge < -0.3 is 4.74 Å². The first-order chi connectivity index (χ1) is 16.4. The molecule has 0 N–H and O–H groups in total. The van der Waals surface area contributed by atoms with Crippen molar-refractivity contribution in [2.45, 2.75) is 17.4 Å². The number of nitrogens with zero attached hydrogens (tertiary/aromatic N) is 3. The second-order valence-electron chi connectivity index (χ2n) is 7.96. The highest BCUT2D eigenvalue weighted by molar-refractivity contribution is 7.90. The summed E-state index contributed by atoms with van der Waals surface area (Å²) >= 11 is 0. The molecule has 0 bridgehead atoms. The van der Waals surface area contributed by atoms with E-state index in [0.29, 0.717) is 22.2 Å². The van der Waals surface area contributed by atoms with Crippen molar-refractivity contribution in [3.63, 3.8) is 0 Å². The molecule has 172 valence electrons. The van der Waals surface area contributed by atoms with Gasteiger partial charge in [-0.1, -0.05) is 54.6 Å². The maximum atomic E-state index is 13.4. The molecule has 0 saturated heterocycles. The molecule has 0 spiro atoms. The van der Waals surface area contributed by atoms with E-state index in [1.807, 2.05) is 42.5 Å². The fourth-order valence-corrected chi connectivity index (χ4v) is 5.73. The Morgan fingerprint density at radius 1 is 1.00 bits per heavy atom. The van der Waals surface area contributed by atoms with Crippen LogP contribution in [0.3, 0.4) is 0 Å². The topological polar surface area (TPSA) is 96.3 Å². The largest absolute Gasteiger partial charge is 0.497 e. The van der Waals surface area contributed by atoms with Gasteiger partial charge in [0.15, 0.2) is 0 Å². The summed E-state index contributed by atoms with van der Waals surface area (Å²) in [5.41, 5.74) is 2.46. The average Bonchev–Trinajstić information content (AvgIpc) is 3.39. The van der Waals surface area contributed by atoms with Gasteiger partial charge in [0, 0.05) is 6.42 Å². The Hall–Kier alpha value is -3.98. The first-order valence-electron chi connectivity index (χ1n) is 10.6. The van der Waals surface area contributed by atoms with E-state index in [1.54, 1.807) is 31.4 Å². The second-order valence-corrected chi connectivity index (χ2v) is 9.79. The number of rotatable bonds is 5. The second kappa shape index (κ2) is 8.42. The molecule has 0 aromatic heterocycles. The summed E-state index contributed by atoms with van der Waals surface area (Å²) in [6.45, 7) is -0.631. The fourth-order valence-electron chi connectivity index (χ4n) is 4.21. The predicted octanol–water partition coefficient (Wildman–Crippen LogP) is 3.22. The number of hydrazone groups is 1. The standard InChI is InChI=1S/C25H21N3O5S/c1-33-19-13-11-18(12-14-19)22-15-21(17-7-3-2-4-8-17)26-28(22)24(29)16-27-25(30)20-9-5-6-10-23(20)34(27,31)32/h2-14,22H,15-16H2,1H3. The van der Waals surface area contributed by atoms with E-state index < -0.39 is 34.4 Å². The van der Waals surface area contributed by atoms with Gasteiger partial charge in [-0.05, 0) is 35.4 Å². The molecule has 0 aliphatic carbocycles. The van der Waals surface area contributed by atoms with Crippen molar-refractivity contribution >= 4 is 27.5 Å². The minimum absolute atomic E-state index is 0.0666.